The van der Waals surface area contributed by atoms with E-state index in [1.54, 1.807) is 6.07 Å². The zero-order valence-corrected chi connectivity index (χ0v) is 24.6. The van der Waals surface area contributed by atoms with Crippen LogP contribution in [0.15, 0.2) is 35.5 Å². The van der Waals surface area contributed by atoms with Crippen LogP contribution in [0.2, 0.25) is 10.0 Å². The molecular formula is C29H39Cl2N7O2. The Kier molecular flexibility index (Phi) is 9.80. The summed E-state index contributed by atoms with van der Waals surface area (Å²) in [6.07, 6.45) is 5.14. The van der Waals surface area contributed by atoms with E-state index in [1.807, 2.05) is 24.4 Å². The second-order valence-corrected chi connectivity index (χ2v) is 11.6. The molecule has 2 saturated heterocycles. The molecular weight excluding hydrogens is 549 g/mol. The number of piperazine rings is 1. The molecule has 0 bridgehead atoms. The van der Waals surface area contributed by atoms with Crippen LogP contribution in [0.4, 0.5) is 5.82 Å². The minimum Gasteiger partial charge on any atom is -0.395 e. The van der Waals surface area contributed by atoms with Gasteiger partial charge in [0.2, 0.25) is 0 Å². The lowest BCUT2D eigenvalue weighted by Crippen LogP contribution is -2.58. The number of halogens is 2. The number of hydrogen-bond acceptors (Lipinski definition) is 8. The normalized spacial score (nSPS) is 20.9. The van der Waals surface area contributed by atoms with Gasteiger partial charge in [0.25, 0.3) is 5.91 Å². The lowest BCUT2D eigenvalue weighted by atomic mass is 9.97. The first-order chi connectivity index (χ1) is 19.5. The van der Waals surface area contributed by atoms with Crippen molar-refractivity contribution in [2.75, 3.05) is 63.9 Å². The fourth-order valence-corrected chi connectivity index (χ4v) is 6.56. The summed E-state index contributed by atoms with van der Waals surface area (Å²) >= 11 is 12.9. The third-order valence-electron chi connectivity index (χ3n) is 8.20. The molecule has 0 aliphatic carbocycles. The number of amidine groups is 1. The number of rotatable bonds is 9. The number of aliphatic imine (C=N–C) groups is 1. The fraction of sp³-hybridized carbons (Fsp3) is 0.552. The maximum absolute atomic E-state index is 12.6. The van der Waals surface area contributed by atoms with E-state index < -0.39 is 0 Å². The molecule has 0 unspecified atom stereocenters. The number of carbonyl (C=O) groups is 1. The first-order valence-corrected chi connectivity index (χ1v) is 15.1. The highest BCUT2D eigenvalue weighted by Crippen LogP contribution is 2.30. The number of benzene rings is 1. The van der Waals surface area contributed by atoms with Crippen molar-refractivity contribution in [3.05, 3.63) is 57.2 Å². The topological polar surface area (TPSA) is 96.3 Å². The SMILES string of the molecule is CC[C@H]1CN(c2ncc(C3=NCCN3)cc2Cl)CCN1C1CCN(Cc2ccc(Cl)cc2C(=O)NCCO)CC1. The van der Waals surface area contributed by atoms with Gasteiger partial charge in [0.05, 0.1) is 18.2 Å². The van der Waals surface area contributed by atoms with Crippen LogP contribution in [-0.4, -0.2) is 103 Å². The fourth-order valence-electron chi connectivity index (χ4n) is 6.10. The van der Waals surface area contributed by atoms with E-state index in [9.17, 15) is 4.79 Å². The number of nitrogens with zero attached hydrogens (tertiary/aromatic N) is 5. The van der Waals surface area contributed by atoms with Crippen LogP contribution < -0.4 is 15.5 Å². The molecule has 0 radical (unpaired) electrons. The van der Waals surface area contributed by atoms with Gasteiger partial charge in [0.15, 0.2) is 0 Å². The Bertz CT molecular complexity index is 1220. The van der Waals surface area contributed by atoms with Gasteiger partial charge in [-0.05, 0) is 56.1 Å². The molecule has 1 aromatic heterocycles. The van der Waals surface area contributed by atoms with Crippen molar-refractivity contribution in [2.45, 2.75) is 44.8 Å². The third-order valence-corrected chi connectivity index (χ3v) is 8.72. The molecule has 0 spiro atoms. The molecule has 3 N–H and O–H groups in total. The first-order valence-electron chi connectivity index (χ1n) is 14.3. The molecule has 1 amide bonds. The Morgan fingerprint density at radius 1 is 1.18 bits per heavy atom. The van der Waals surface area contributed by atoms with Gasteiger partial charge < -0.3 is 20.6 Å². The zero-order chi connectivity index (χ0) is 28.1. The Morgan fingerprint density at radius 3 is 2.70 bits per heavy atom. The average molecular weight is 589 g/mol. The van der Waals surface area contributed by atoms with Gasteiger partial charge in [-0.3, -0.25) is 19.6 Å². The summed E-state index contributed by atoms with van der Waals surface area (Å²) in [6.45, 7) is 9.53. The summed E-state index contributed by atoms with van der Waals surface area (Å²) in [5, 5.41) is 16.3. The second kappa shape index (κ2) is 13.5. The number of pyridine rings is 1. The molecule has 40 heavy (non-hydrogen) atoms. The summed E-state index contributed by atoms with van der Waals surface area (Å²) in [5.74, 6) is 1.54. The standard InChI is InChI=1S/C29H39Cl2N7O2/c1-2-23-19-37(28-26(31)15-21(17-35-28)27-32-7-8-33-27)12-13-38(23)24-5-10-36(11-6-24)18-20-3-4-22(30)16-25(20)29(40)34-9-14-39/h3-4,15-17,23-24,39H,2,5-14,18-19H2,1H3,(H,32,33)(H,34,40)/t23-/m0/s1. The summed E-state index contributed by atoms with van der Waals surface area (Å²) < 4.78 is 0. The Hall–Kier alpha value is -2.43. The molecule has 2 aromatic rings. The van der Waals surface area contributed by atoms with Crippen LogP contribution >= 0.6 is 23.2 Å². The van der Waals surface area contributed by atoms with Gasteiger partial charge in [0, 0.05) is 73.7 Å². The molecule has 5 rings (SSSR count). The predicted octanol–water partition coefficient (Wildman–Crippen LogP) is 3.03. The van der Waals surface area contributed by atoms with Crippen molar-refractivity contribution in [3.63, 3.8) is 0 Å². The zero-order valence-electron chi connectivity index (χ0n) is 23.1. The Labute approximate surface area is 246 Å². The Morgan fingerprint density at radius 2 is 2.00 bits per heavy atom. The molecule has 4 heterocycles. The van der Waals surface area contributed by atoms with Crippen molar-refractivity contribution in [2.24, 2.45) is 4.99 Å². The number of amides is 1. The van der Waals surface area contributed by atoms with E-state index in [4.69, 9.17) is 33.3 Å². The number of aliphatic hydroxyl groups is 1. The second-order valence-electron chi connectivity index (χ2n) is 10.7. The van der Waals surface area contributed by atoms with Crippen LogP contribution in [-0.2, 0) is 6.54 Å². The molecule has 2 fully saturated rings. The molecule has 0 saturated carbocycles. The number of nitrogens with one attached hydrogen (secondary N) is 2. The third kappa shape index (κ3) is 6.71. The molecule has 3 aliphatic rings. The largest absolute Gasteiger partial charge is 0.395 e. The summed E-state index contributed by atoms with van der Waals surface area (Å²) in [5.41, 5.74) is 2.49. The predicted molar refractivity (Wildman–Crippen MR) is 161 cm³/mol. The summed E-state index contributed by atoms with van der Waals surface area (Å²) in [7, 11) is 0. The molecule has 1 atom stereocenters. The quantitative estimate of drug-likeness (QED) is 0.415. The van der Waals surface area contributed by atoms with Crippen molar-refractivity contribution >= 4 is 40.8 Å². The summed E-state index contributed by atoms with van der Waals surface area (Å²) in [4.78, 5) is 29.3. The van der Waals surface area contributed by atoms with Gasteiger partial charge in [-0.2, -0.15) is 0 Å². The number of piperidine rings is 1. The molecule has 11 heteroatoms. The van der Waals surface area contributed by atoms with Crippen LogP contribution in [0.25, 0.3) is 0 Å². The number of hydrogen-bond donors (Lipinski definition) is 3. The molecule has 9 nitrogen and oxygen atoms in total. The number of likely N-dealkylation sites (tertiary alicyclic amines) is 1. The van der Waals surface area contributed by atoms with E-state index in [0.717, 1.165) is 87.9 Å². The molecule has 1 aromatic carbocycles. The number of carbonyl (C=O) groups excluding carboxylic acids is 1. The monoisotopic (exact) mass is 587 g/mol. The minimum absolute atomic E-state index is 0.0914. The number of aromatic nitrogens is 1. The van der Waals surface area contributed by atoms with Crippen LogP contribution in [0.1, 0.15) is 47.7 Å². The van der Waals surface area contributed by atoms with Crippen molar-refractivity contribution in [3.8, 4) is 0 Å². The van der Waals surface area contributed by atoms with Gasteiger partial charge in [-0.25, -0.2) is 4.98 Å². The first kappa shape index (κ1) is 29.1. The van der Waals surface area contributed by atoms with Crippen molar-refractivity contribution in [1.82, 2.24) is 25.4 Å². The molecule has 3 aliphatic heterocycles. The van der Waals surface area contributed by atoms with Crippen LogP contribution in [0.5, 0.6) is 0 Å². The lowest BCUT2D eigenvalue weighted by Gasteiger charge is -2.47. The van der Waals surface area contributed by atoms with Gasteiger partial charge >= 0.3 is 0 Å². The smallest absolute Gasteiger partial charge is 0.251 e. The number of anilines is 1. The van der Waals surface area contributed by atoms with E-state index in [-0.39, 0.29) is 19.1 Å². The van der Waals surface area contributed by atoms with E-state index in [1.165, 1.54) is 0 Å². The highest BCUT2D eigenvalue weighted by Gasteiger charge is 2.34. The highest BCUT2D eigenvalue weighted by molar-refractivity contribution is 6.33. The summed E-state index contributed by atoms with van der Waals surface area (Å²) in [6, 6.07) is 8.47. The van der Waals surface area contributed by atoms with E-state index in [0.29, 0.717) is 34.2 Å². The minimum atomic E-state index is -0.196. The lowest BCUT2D eigenvalue weighted by molar-refractivity contribution is 0.0609. The highest BCUT2D eigenvalue weighted by atomic mass is 35.5. The number of aliphatic hydroxyl groups excluding tert-OH is 1. The maximum Gasteiger partial charge on any atom is 0.251 e. The van der Waals surface area contributed by atoms with E-state index >= 15 is 0 Å². The maximum atomic E-state index is 12.6. The van der Waals surface area contributed by atoms with Gasteiger partial charge in [0.1, 0.15) is 11.7 Å². The average Bonchev–Trinajstić information content (AvgIpc) is 3.52. The van der Waals surface area contributed by atoms with Gasteiger partial charge in [-0.1, -0.05) is 36.2 Å². The van der Waals surface area contributed by atoms with E-state index in [2.05, 4.69) is 37.2 Å². The van der Waals surface area contributed by atoms with Crippen LogP contribution in [0.3, 0.4) is 0 Å². The van der Waals surface area contributed by atoms with Gasteiger partial charge in [-0.15, -0.1) is 0 Å². The van der Waals surface area contributed by atoms with Crippen molar-refractivity contribution < 1.29 is 9.90 Å². The molecule has 216 valence electrons. The van der Waals surface area contributed by atoms with Crippen molar-refractivity contribution in [1.29, 1.82) is 0 Å². The Balaban J connectivity index is 1.17. The van der Waals surface area contributed by atoms with Crippen LogP contribution in [0, 0.1) is 0 Å².